The molecule has 1 aliphatic rings. The molecule has 1 aliphatic heterocycles. The molecule has 112 valence electrons. The van der Waals surface area contributed by atoms with E-state index in [9.17, 15) is 0 Å². The van der Waals surface area contributed by atoms with Crippen LogP contribution in [-0.4, -0.2) is 30.0 Å². The van der Waals surface area contributed by atoms with E-state index >= 15 is 0 Å². The van der Waals surface area contributed by atoms with Crippen molar-refractivity contribution < 1.29 is 4.74 Å². The summed E-state index contributed by atoms with van der Waals surface area (Å²) >= 11 is 0. The Balaban J connectivity index is 1.73. The number of aromatic nitrogens is 2. The van der Waals surface area contributed by atoms with Crippen molar-refractivity contribution in [3.8, 4) is 0 Å². The average molecular weight is 286 g/mol. The molecule has 0 saturated carbocycles. The average Bonchev–Trinajstić information content (AvgIpc) is 2.86. The van der Waals surface area contributed by atoms with E-state index in [0.717, 1.165) is 31.7 Å². The van der Waals surface area contributed by atoms with Gasteiger partial charge in [-0.25, -0.2) is 0 Å². The number of fused-ring (bicyclic) bond motifs is 1. The van der Waals surface area contributed by atoms with Gasteiger partial charge in [0.25, 0.3) is 0 Å². The highest BCUT2D eigenvalue weighted by Gasteiger charge is 2.18. The molecule has 0 saturated heterocycles. The highest BCUT2D eigenvalue weighted by molar-refractivity contribution is 5.44. The van der Waals surface area contributed by atoms with E-state index in [0.29, 0.717) is 12.6 Å². The Kier molecular flexibility index (Phi) is 4.52. The van der Waals surface area contributed by atoms with E-state index in [1.54, 1.807) is 7.11 Å². The van der Waals surface area contributed by atoms with Crippen molar-refractivity contribution in [2.45, 2.75) is 25.6 Å². The zero-order valence-electron chi connectivity index (χ0n) is 12.4. The second-order valence-electron chi connectivity index (χ2n) is 5.35. The number of hydrogen-bond donors (Lipinski definition) is 2. The normalized spacial score (nSPS) is 18.0. The first-order chi connectivity index (χ1) is 10.4. The summed E-state index contributed by atoms with van der Waals surface area (Å²) in [6.45, 7) is 3.42. The Hall–Kier alpha value is -1.85. The van der Waals surface area contributed by atoms with Crippen LogP contribution in [0.4, 0.5) is 5.69 Å². The van der Waals surface area contributed by atoms with Gasteiger partial charge >= 0.3 is 0 Å². The summed E-state index contributed by atoms with van der Waals surface area (Å²) in [4.78, 5) is 0. The number of methoxy groups -OCH3 is 1. The second kappa shape index (κ2) is 6.74. The quantitative estimate of drug-likeness (QED) is 0.884. The van der Waals surface area contributed by atoms with Gasteiger partial charge in [-0.2, -0.15) is 5.10 Å². The van der Waals surface area contributed by atoms with Crippen molar-refractivity contribution in [2.75, 3.05) is 25.6 Å². The maximum absolute atomic E-state index is 5.08. The first kappa shape index (κ1) is 14.1. The van der Waals surface area contributed by atoms with Gasteiger partial charge in [-0.05, 0) is 24.1 Å². The van der Waals surface area contributed by atoms with Crippen LogP contribution in [-0.2, 0) is 17.8 Å². The van der Waals surface area contributed by atoms with Crippen molar-refractivity contribution in [1.29, 1.82) is 0 Å². The van der Waals surface area contributed by atoms with E-state index in [1.165, 1.54) is 11.1 Å². The Morgan fingerprint density at radius 2 is 2.33 bits per heavy atom. The maximum atomic E-state index is 5.08. The molecule has 2 N–H and O–H groups in total. The Labute approximate surface area is 125 Å². The minimum absolute atomic E-state index is 0.330. The lowest BCUT2D eigenvalue weighted by Gasteiger charge is -2.19. The van der Waals surface area contributed by atoms with E-state index in [4.69, 9.17) is 4.74 Å². The Bertz CT molecular complexity index is 581. The molecule has 5 heteroatoms. The van der Waals surface area contributed by atoms with Gasteiger partial charge in [0.05, 0.1) is 31.1 Å². The molecule has 0 fully saturated rings. The molecule has 2 heterocycles. The first-order valence-corrected chi connectivity index (χ1v) is 7.43. The van der Waals surface area contributed by atoms with Gasteiger partial charge in [0.2, 0.25) is 0 Å². The molecule has 5 nitrogen and oxygen atoms in total. The molecule has 1 atom stereocenters. The lowest BCUT2D eigenvalue weighted by atomic mass is 9.99. The van der Waals surface area contributed by atoms with Crippen LogP contribution in [0.15, 0.2) is 36.7 Å². The molecule has 0 aliphatic carbocycles. The summed E-state index contributed by atoms with van der Waals surface area (Å²) in [5, 5.41) is 11.4. The molecule has 2 aromatic rings. The summed E-state index contributed by atoms with van der Waals surface area (Å²) < 4.78 is 6.99. The number of ether oxygens (including phenoxy) is 1. The highest BCUT2D eigenvalue weighted by Crippen LogP contribution is 2.27. The second-order valence-corrected chi connectivity index (χ2v) is 5.35. The van der Waals surface area contributed by atoms with Crippen LogP contribution in [0.5, 0.6) is 0 Å². The van der Waals surface area contributed by atoms with Crippen LogP contribution >= 0.6 is 0 Å². The van der Waals surface area contributed by atoms with Gasteiger partial charge in [0.1, 0.15) is 0 Å². The van der Waals surface area contributed by atoms with Crippen molar-refractivity contribution in [1.82, 2.24) is 15.1 Å². The molecule has 0 spiro atoms. The van der Waals surface area contributed by atoms with Crippen molar-refractivity contribution in [2.24, 2.45) is 0 Å². The fourth-order valence-corrected chi connectivity index (χ4v) is 2.76. The van der Waals surface area contributed by atoms with Crippen LogP contribution in [0.3, 0.4) is 0 Å². The Morgan fingerprint density at radius 1 is 1.43 bits per heavy atom. The summed E-state index contributed by atoms with van der Waals surface area (Å²) in [6.07, 6.45) is 5.00. The summed E-state index contributed by atoms with van der Waals surface area (Å²) in [6, 6.07) is 8.96. The molecule has 1 unspecified atom stereocenters. The summed E-state index contributed by atoms with van der Waals surface area (Å²) in [5.74, 6) is 0. The van der Waals surface area contributed by atoms with Crippen LogP contribution in [0.25, 0.3) is 0 Å². The third-order valence-electron chi connectivity index (χ3n) is 3.85. The van der Waals surface area contributed by atoms with Gasteiger partial charge in [0, 0.05) is 19.9 Å². The predicted molar refractivity (Wildman–Crippen MR) is 83.2 cm³/mol. The molecule has 1 aromatic heterocycles. The van der Waals surface area contributed by atoms with E-state index < -0.39 is 0 Å². The molecular weight excluding hydrogens is 264 g/mol. The standard InChI is InChI=1S/C16H22N4O/c1-21-9-8-20-12-14(11-18-20)19-16-6-7-17-10-13-4-2-3-5-15(13)16/h2-5,11-12,16-17,19H,6-10H2,1H3. The van der Waals surface area contributed by atoms with Gasteiger partial charge in [0.15, 0.2) is 0 Å². The number of anilines is 1. The van der Waals surface area contributed by atoms with Crippen molar-refractivity contribution in [3.05, 3.63) is 47.8 Å². The lowest BCUT2D eigenvalue weighted by Crippen LogP contribution is -2.15. The fraction of sp³-hybridized carbons (Fsp3) is 0.438. The zero-order chi connectivity index (χ0) is 14.5. The molecular formula is C16H22N4O. The van der Waals surface area contributed by atoms with Crippen LogP contribution in [0, 0.1) is 0 Å². The molecule has 0 radical (unpaired) electrons. The van der Waals surface area contributed by atoms with Gasteiger partial charge in [-0.1, -0.05) is 24.3 Å². The molecule has 21 heavy (non-hydrogen) atoms. The van der Waals surface area contributed by atoms with E-state index in [1.807, 2.05) is 17.1 Å². The van der Waals surface area contributed by atoms with Crippen LogP contribution in [0.2, 0.25) is 0 Å². The van der Waals surface area contributed by atoms with E-state index in [2.05, 4.69) is 40.0 Å². The minimum Gasteiger partial charge on any atom is -0.383 e. The summed E-state index contributed by atoms with van der Waals surface area (Å²) in [5.41, 5.74) is 3.82. The maximum Gasteiger partial charge on any atom is 0.0731 e. The molecule has 1 aromatic carbocycles. The highest BCUT2D eigenvalue weighted by atomic mass is 16.5. The van der Waals surface area contributed by atoms with Crippen molar-refractivity contribution >= 4 is 5.69 Å². The number of nitrogens with one attached hydrogen (secondary N) is 2. The SMILES string of the molecule is COCCn1cc(NC2CCNCc3ccccc32)cn1. The van der Waals surface area contributed by atoms with Gasteiger partial charge in [-0.3, -0.25) is 4.68 Å². The fourth-order valence-electron chi connectivity index (χ4n) is 2.76. The number of nitrogens with zero attached hydrogens (tertiary/aromatic N) is 2. The van der Waals surface area contributed by atoms with Crippen LogP contribution in [0.1, 0.15) is 23.6 Å². The molecule has 3 rings (SSSR count). The molecule has 0 bridgehead atoms. The largest absolute Gasteiger partial charge is 0.383 e. The molecule has 0 amide bonds. The minimum atomic E-state index is 0.330. The zero-order valence-corrected chi connectivity index (χ0v) is 12.4. The lowest BCUT2D eigenvalue weighted by molar-refractivity contribution is 0.183. The van der Waals surface area contributed by atoms with Gasteiger partial charge < -0.3 is 15.4 Å². The number of rotatable bonds is 5. The Morgan fingerprint density at radius 3 is 3.24 bits per heavy atom. The monoisotopic (exact) mass is 286 g/mol. The number of hydrogen-bond acceptors (Lipinski definition) is 4. The van der Waals surface area contributed by atoms with E-state index in [-0.39, 0.29) is 0 Å². The van der Waals surface area contributed by atoms with Gasteiger partial charge in [-0.15, -0.1) is 0 Å². The summed E-state index contributed by atoms with van der Waals surface area (Å²) in [7, 11) is 1.71. The predicted octanol–water partition coefficient (Wildman–Crippen LogP) is 2.18. The third kappa shape index (κ3) is 3.43. The number of benzene rings is 1. The smallest absolute Gasteiger partial charge is 0.0731 e. The topological polar surface area (TPSA) is 51.1 Å². The van der Waals surface area contributed by atoms with Crippen molar-refractivity contribution in [3.63, 3.8) is 0 Å². The third-order valence-corrected chi connectivity index (χ3v) is 3.85. The first-order valence-electron chi connectivity index (χ1n) is 7.43. The van der Waals surface area contributed by atoms with Crippen LogP contribution < -0.4 is 10.6 Å².